The fraction of sp³-hybridized carbons (Fsp3) is 0.250. The third-order valence-electron chi connectivity index (χ3n) is 4.08. The SMILES string of the molecule is Cc1ccc2nc(-c3ccc(F)cc3)c(CN[C@H](C)CO)cc2c1. The molecule has 4 heteroatoms. The average molecular weight is 324 g/mol. The van der Waals surface area contributed by atoms with Crippen LogP contribution in [0.15, 0.2) is 48.5 Å². The Hall–Kier alpha value is -2.30. The first kappa shape index (κ1) is 16.6. The van der Waals surface area contributed by atoms with Crippen LogP contribution in [0.25, 0.3) is 22.2 Å². The number of nitrogens with zero attached hydrogens (tertiary/aromatic N) is 1. The second-order valence-corrected chi connectivity index (χ2v) is 6.16. The molecule has 124 valence electrons. The van der Waals surface area contributed by atoms with Gasteiger partial charge in [0.15, 0.2) is 0 Å². The molecule has 24 heavy (non-hydrogen) atoms. The highest BCUT2D eigenvalue weighted by Crippen LogP contribution is 2.26. The zero-order valence-corrected chi connectivity index (χ0v) is 13.9. The Labute approximate surface area is 141 Å². The molecule has 3 aromatic rings. The van der Waals surface area contributed by atoms with Crippen molar-refractivity contribution in [1.82, 2.24) is 10.3 Å². The molecular formula is C20H21FN2O. The Bertz CT molecular complexity index is 846. The Morgan fingerprint density at radius 3 is 2.58 bits per heavy atom. The van der Waals surface area contributed by atoms with Crippen molar-refractivity contribution in [2.45, 2.75) is 26.4 Å². The summed E-state index contributed by atoms with van der Waals surface area (Å²) in [4.78, 5) is 4.80. The topological polar surface area (TPSA) is 45.2 Å². The fourth-order valence-corrected chi connectivity index (χ4v) is 2.68. The maximum atomic E-state index is 13.2. The zero-order chi connectivity index (χ0) is 17.1. The van der Waals surface area contributed by atoms with Crippen LogP contribution in [-0.4, -0.2) is 22.7 Å². The summed E-state index contributed by atoms with van der Waals surface area (Å²) in [6, 6.07) is 14.7. The predicted molar refractivity (Wildman–Crippen MR) is 95.3 cm³/mol. The quantitative estimate of drug-likeness (QED) is 0.750. The molecule has 0 radical (unpaired) electrons. The van der Waals surface area contributed by atoms with Crippen LogP contribution in [0.2, 0.25) is 0 Å². The average Bonchev–Trinajstić information content (AvgIpc) is 2.59. The highest BCUT2D eigenvalue weighted by molar-refractivity contribution is 5.84. The normalized spacial score (nSPS) is 12.5. The van der Waals surface area contributed by atoms with Crippen LogP contribution >= 0.6 is 0 Å². The molecule has 0 aliphatic carbocycles. The number of benzene rings is 2. The maximum absolute atomic E-state index is 13.2. The maximum Gasteiger partial charge on any atom is 0.123 e. The van der Waals surface area contributed by atoms with Crippen molar-refractivity contribution in [2.75, 3.05) is 6.61 Å². The summed E-state index contributed by atoms with van der Waals surface area (Å²) in [6.45, 7) is 4.65. The highest BCUT2D eigenvalue weighted by atomic mass is 19.1. The number of nitrogens with one attached hydrogen (secondary N) is 1. The number of aromatic nitrogens is 1. The molecule has 0 aliphatic rings. The van der Waals surface area contributed by atoms with E-state index in [9.17, 15) is 9.50 Å². The lowest BCUT2D eigenvalue weighted by atomic mass is 10.0. The lowest BCUT2D eigenvalue weighted by molar-refractivity contribution is 0.251. The smallest absolute Gasteiger partial charge is 0.123 e. The predicted octanol–water partition coefficient (Wildman–Crippen LogP) is 3.82. The number of rotatable bonds is 5. The van der Waals surface area contributed by atoms with Crippen LogP contribution in [0, 0.1) is 12.7 Å². The second kappa shape index (κ2) is 7.07. The third-order valence-corrected chi connectivity index (χ3v) is 4.08. The summed E-state index contributed by atoms with van der Waals surface area (Å²) in [5.41, 5.74) is 4.84. The molecule has 2 aromatic carbocycles. The van der Waals surface area contributed by atoms with Gasteiger partial charge >= 0.3 is 0 Å². The van der Waals surface area contributed by atoms with Crippen LogP contribution in [-0.2, 0) is 6.54 Å². The molecule has 0 saturated carbocycles. The van der Waals surface area contributed by atoms with Crippen molar-refractivity contribution in [3.05, 3.63) is 65.5 Å². The van der Waals surface area contributed by atoms with Crippen LogP contribution in [0.1, 0.15) is 18.1 Å². The molecular weight excluding hydrogens is 303 g/mol. The lowest BCUT2D eigenvalue weighted by Crippen LogP contribution is -2.28. The molecule has 0 saturated heterocycles. The first-order valence-electron chi connectivity index (χ1n) is 8.07. The fourth-order valence-electron chi connectivity index (χ4n) is 2.68. The van der Waals surface area contributed by atoms with Gasteiger partial charge in [0.25, 0.3) is 0 Å². The number of aliphatic hydroxyl groups excluding tert-OH is 1. The number of hydrogen-bond acceptors (Lipinski definition) is 3. The van der Waals surface area contributed by atoms with Gasteiger partial charge < -0.3 is 10.4 Å². The van der Waals surface area contributed by atoms with Crippen LogP contribution in [0.5, 0.6) is 0 Å². The van der Waals surface area contributed by atoms with Gasteiger partial charge in [0.05, 0.1) is 17.8 Å². The van der Waals surface area contributed by atoms with Crippen LogP contribution < -0.4 is 5.32 Å². The van der Waals surface area contributed by atoms with Crippen molar-refractivity contribution < 1.29 is 9.50 Å². The van der Waals surface area contributed by atoms with E-state index in [0.717, 1.165) is 27.7 Å². The zero-order valence-electron chi connectivity index (χ0n) is 13.9. The molecule has 0 amide bonds. The van der Waals surface area contributed by atoms with Gasteiger partial charge in [0.1, 0.15) is 5.82 Å². The molecule has 0 aliphatic heterocycles. The van der Waals surface area contributed by atoms with Gasteiger partial charge in [-0.1, -0.05) is 11.6 Å². The highest BCUT2D eigenvalue weighted by Gasteiger charge is 2.11. The van der Waals surface area contributed by atoms with Crippen molar-refractivity contribution in [2.24, 2.45) is 0 Å². The van der Waals surface area contributed by atoms with E-state index in [1.54, 1.807) is 12.1 Å². The number of fused-ring (bicyclic) bond motifs is 1. The summed E-state index contributed by atoms with van der Waals surface area (Å²) in [5.74, 6) is -0.260. The van der Waals surface area contributed by atoms with Gasteiger partial charge in [-0.05, 0) is 61.9 Å². The van der Waals surface area contributed by atoms with Gasteiger partial charge in [-0.3, -0.25) is 0 Å². The van der Waals surface area contributed by atoms with Crippen molar-refractivity contribution in [3.8, 4) is 11.3 Å². The van der Waals surface area contributed by atoms with E-state index >= 15 is 0 Å². The number of aliphatic hydroxyl groups is 1. The molecule has 2 N–H and O–H groups in total. The lowest BCUT2D eigenvalue weighted by Gasteiger charge is -2.15. The molecule has 1 atom stereocenters. The third kappa shape index (κ3) is 3.61. The molecule has 0 bridgehead atoms. The molecule has 0 fully saturated rings. The second-order valence-electron chi connectivity index (χ2n) is 6.16. The standard InChI is InChI=1S/C20H21FN2O/c1-13-3-8-19-16(9-13)10-17(11-22-14(2)12-24)20(23-19)15-4-6-18(21)7-5-15/h3-10,14,22,24H,11-12H2,1-2H3/t14-/m1/s1. The monoisotopic (exact) mass is 324 g/mol. The van der Waals surface area contributed by atoms with E-state index < -0.39 is 0 Å². The summed E-state index contributed by atoms with van der Waals surface area (Å²) in [7, 11) is 0. The van der Waals surface area contributed by atoms with E-state index in [1.165, 1.54) is 17.7 Å². The summed E-state index contributed by atoms with van der Waals surface area (Å²) in [6.07, 6.45) is 0. The Morgan fingerprint density at radius 1 is 1.12 bits per heavy atom. The van der Waals surface area contributed by atoms with Crippen molar-refractivity contribution >= 4 is 10.9 Å². The summed E-state index contributed by atoms with van der Waals surface area (Å²) >= 11 is 0. The summed E-state index contributed by atoms with van der Waals surface area (Å²) < 4.78 is 13.2. The van der Waals surface area contributed by atoms with Crippen molar-refractivity contribution in [3.63, 3.8) is 0 Å². The van der Waals surface area contributed by atoms with Crippen LogP contribution in [0.4, 0.5) is 4.39 Å². The van der Waals surface area contributed by atoms with Gasteiger partial charge in [0, 0.05) is 23.5 Å². The van der Waals surface area contributed by atoms with Gasteiger partial charge in [0.2, 0.25) is 0 Å². The van der Waals surface area contributed by atoms with E-state index in [4.69, 9.17) is 4.98 Å². The number of pyridine rings is 1. The number of halogens is 1. The van der Waals surface area contributed by atoms with E-state index in [-0.39, 0.29) is 18.5 Å². The minimum Gasteiger partial charge on any atom is -0.395 e. The molecule has 0 unspecified atom stereocenters. The van der Waals surface area contributed by atoms with Gasteiger partial charge in [-0.2, -0.15) is 0 Å². The van der Waals surface area contributed by atoms with Crippen LogP contribution in [0.3, 0.4) is 0 Å². The largest absolute Gasteiger partial charge is 0.395 e. The Balaban J connectivity index is 2.09. The van der Waals surface area contributed by atoms with E-state index in [1.807, 2.05) is 19.1 Å². The minimum absolute atomic E-state index is 0.000672. The van der Waals surface area contributed by atoms with Gasteiger partial charge in [-0.25, -0.2) is 9.37 Å². The van der Waals surface area contributed by atoms with E-state index in [0.29, 0.717) is 6.54 Å². The molecule has 0 spiro atoms. The molecule has 1 heterocycles. The summed E-state index contributed by atoms with van der Waals surface area (Å²) in [5, 5.41) is 13.6. The molecule has 1 aromatic heterocycles. The van der Waals surface area contributed by atoms with E-state index in [2.05, 4.69) is 24.4 Å². The first-order chi connectivity index (χ1) is 11.6. The first-order valence-corrected chi connectivity index (χ1v) is 8.07. The number of hydrogen-bond donors (Lipinski definition) is 2. The molecule has 3 rings (SSSR count). The van der Waals surface area contributed by atoms with Crippen molar-refractivity contribution in [1.29, 1.82) is 0 Å². The minimum atomic E-state index is -0.260. The molecule has 3 nitrogen and oxygen atoms in total. The van der Waals surface area contributed by atoms with Gasteiger partial charge in [-0.15, -0.1) is 0 Å². The number of aryl methyl sites for hydroxylation is 1. The Morgan fingerprint density at radius 2 is 1.88 bits per heavy atom. The Kier molecular flexibility index (Phi) is 4.88.